The Balaban J connectivity index is 1.84. The summed E-state index contributed by atoms with van der Waals surface area (Å²) in [5, 5.41) is 13.0. The van der Waals surface area contributed by atoms with E-state index in [0.29, 0.717) is 0 Å². The molecular formula is C14H19N7. The van der Waals surface area contributed by atoms with Crippen molar-refractivity contribution in [2.45, 2.75) is 32.9 Å². The molecule has 0 aliphatic rings. The Morgan fingerprint density at radius 2 is 1.95 bits per heavy atom. The minimum atomic E-state index is 0.169. The van der Waals surface area contributed by atoms with Crippen LogP contribution in [0.3, 0.4) is 0 Å². The standard InChI is InChI=1S/C14H19N7/c1-9-5-18-21(7-9)11(3)10(2)19-13-12-6-17-20(4)14(12)16-8-15-13/h5-8,10-11H,1-4H3,(H,15,16,19)/t10-,11+/m1/s1. The van der Waals surface area contributed by atoms with Gasteiger partial charge in [0.05, 0.1) is 23.8 Å². The third kappa shape index (κ3) is 2.46. The summed E-state index contributed by atoms with van der Waals surface area (Å²) >= 11 is 0. The molecule has 0 amide bonds. The van der Waals surface area contributed by atoms with E-state index in [-0.39, 0.29) is 12.1 Å². The fourth-order valence-electron chi connectivity index (χ4n) is 2.30. The van der Waals surface area contributed by atoms with Gasteiger partial charge in [-0.15, -0.1) is 0 Å². The molecule has 3 heterocycles. The number of aryl methyl sites for hydroxylation is 2. The van der Waals surface area contributed by atoms with Crippen LogP contribution >= 0.6 is 0 Å². The molecule has 1 N–H and O–H groups in total. The summed E-state index contributed by atoms with van der Waals surface area (Å²) in [6, 6.07) is 0.378. The van der Waals surface area contributed by atoms with E-state index in [4.69, 9.17) is 0 Å². The molecule has 3 rings (SSSR count). The van der Waals surface area contributed by atoms with Crippen LogP contribution in [0, 0.1) is 6.92 Å². The molecule has 0 saturated carbocycles. The summed E-state index contributed by atoms with van der Waals surface area (Å²) in [4.78, 5) is 8.58. The summed E-state index contributed by atoms with van der Waals surface area (Å²) in [7, 11) is 1.87. The average molecular weight is 285 g/mol. The summed E-state index contributed by atoms with van der Waals surface area (Å²) in [6.45, 7) is 6.29. The zero-order chi connectivity index (χ0) is 15.0. The molecule has 0 saturated heterocycles. The Kier molecular flexibility index (Phi) is 3.32. The van der Waals surface area contributed by atoms with Crippen LogP contribution in [0.25, 0.3) is 11.0 Å². The molecule has 0 bridgehead atoms. The van der Waals surface area contributed by atoms with Crippen molar-refractivity contribution >= 4 is 16.9 Å². The molecule has 0 fully saturated rings. The fraction of sp³-hybridized carbons (Fsp3) is 0.429. The highest BCUT2D eigenvalue weighted by molar-refractivity contribution is 5.86. The minimum Gasteiger partial charge on any atom is -0.365 e. The molecule has 7 heteroatoms. The normalized spacial score (nSPS) is 14.3. The number of aromatic nitrogens is 6. The van der Waals surface area contributed by atoms with E-state index in [9.17, 15) is 0 Å². The quantitative estimate of drug-likeness (QED) is 0.793. The van der Waals surface area contributed by atoms with E-state index in [2.05, 4.69) is 39.3 Å². The molecule has 21 heavy (non-hydrogen) atoms. The van der Waals surface area contributed by atoms with Crippen LogP contribution < -0.4 is 5.32 Å². The lowest BCUT2D eigenvalue weighted by Gasteiger charge is -2.22. The Hall–Kier alpha value is -2.44. The summed E-state index contributed by atoms with van der Waals surface area (Å²) in [5.41, 5.74) is 1.98. The first-order chi connectivity index (χ1) is 10.1. The van der Waals surface area contributed by atoms with E-state index in [1.807, 2.05) is 31.0 Å². The van der Waals surface area contributed by atoms with Crippen molar-refractivity contribution < 1.29 is 0 Å². The molecule has 0 aromatic carbocycles. The molecule has 3 aromatic rings. The van der Waals surface area contributed by atoms with Gasteiger partial charge in [0.15, 0.2) is 5.65 Å². The Morgan fingerprint density at radius 3 is 2.67 bits per heavy atom. The first kappa shape index (κ1) is 13.5. The van der Waals surface area contributed by atoms with Crippen molar-refractivity contribution in [1.29, 1.82) is 0 Å². The zero-order valence-electron chi connectivity index (χ0n) is 12.6. The highest BCUT2D eigenvalue weighted by Crippen LogP contribution is 2.21. The predicted octanol–water partition coefficient (Wildman–Crippen LogP) is 1.93. The van der Waals surface area contributed by atoms with Crippen molar-refractivity contribution in [3.63, 3.8) is 0 Å². The maximum atomic E-state index is 4.37. The topological polar surface area (TPSA) is 73.5 Å². The number of rotatable bonds is 4. The molecule has 0 aliphatic heterocycles. The lowest BCUT2D eigenvalue weighted by atomic mass is 10.1. The van der Waals surface area contributed by atoms with Gasteiger partial charge in [-0.05, 0) is 26.3 Å². The summed E-state index contributed by atoms with van der Waals surface area (Å²) in [6.07, 6.45) is 7.25. The van der Waals surface area contributed by atoms with E-state index in [1.165, 1.54) is 0 Å². The molecule has 110 valence electrons. The highest BCUT2D eigenvalue weighted by atomic mass is 15.3. The van der Waals surface area contributed by atoms with Gasteiger partial charge < -0.3 is 5.32 Å². The van der Waals surface area contributed by atoms with E-state index >= 15 is 0 Å². The maximum absolute atomic E-state index is 4.37. The second-order valence-corrected chi connectivity index (χ2v) is 5.40. The number of anilines is 1. The van der Waals surface area contributed by atoms with Crippen molar-refractivity contribution in [2.24, 2.45) is 7.05 Å². The lowest BCUT2D eigenvalue weighted by molar-refractivity contribution is 0.443. The molecule has 7 nitrogen and oxygen atoms in total. The number of nitrogens with one attached hydrogen (secondary N) is 1. The van der Waals surface area contributed by atoms with Crippen LogP contribution in [0.4, 0.5) is 5.82 Å². The van der Waals surface area contributed by atoms with Gasteiger partial charge in [0.1, 0.15) is 12.1 Å². The second-order valence-electron chi connectivity index (χ2n) is 5.40. The third-order valence-electron chi connectivity index (χ3n) is 3.77. The first-order valence-corrected chi connectivity index (χ1v) is 6.96. The van der Waals surface area contributed by atoms with Crippen LogP contribution in [0.15, 0.2) is 24.9 Å². The summed E-state index contributed by atoms with van der Waals surface area (Å²) < 4.78 is 3.71. The third-order valence-corrected chi connectivity index (χ3v) is 3.77. The highest BCUT2D eigenvalue weighted by Gasteiger charge is 2.17. The van der Waals surface area contributed by atoms with Gasteiger partial charge in [-0.25, -0.2) is 9.97 Å². The van der Waals surface area contributed by atoms with Crippen molar-refractivity contribution in [1.82, 2.24) is 29.5 Å². The SMILES string of the molecule is Cc1cnn([C@@H](C)[C@@H](C)Nc2ncnc3c2cnn3C)c1. The van der Waals surface area contributed by atoms with Crippen molar-refractivity contribution in [3.8, 4) is 0 Å². The number of hydrogen-bond donors (Lipinski definition) is 1. The van der Waals surface area contributed by atoms with Crippen LogP contribution in [-0.4, -0.2) is 35.6 Å². The van der Waals surface area contributed by atoms with Gasteiger partial charge in [0.2, 0.25) is 0 Å². The number of hydrogen-bond acceptors (Lipinski definition) is 5. The maximum Gasteiger partial charge on any atom is 0.163 e. The predicted molar refractivity (Wildman–Crippen MR) is 81.1 cm³/mol. The first-order valence-electron chi connectivity index (χ1n) is 6.96. The molecule has 0 spiro atoms. The van der Waals surface area contributed by atoms with Crippen LogP contribution in [0.1, 0.15) is 25.5 Å². The van der Waals surface area contributed by atoms with E-state index < -0.39 is 0 Å². The number of fused-ring (bicyclic) bond motifs is 1. The Labute approximate surface area is 123 Å². The Bertz CT molecular complexity index is 758. The number of nitrogens with zero attached hydrogens (tertiary/aromatic N) is 6. The van der Waals surface area contributed by atoms with Gasteiger partial charge in [0.25, 0.3) is 0 Å². The van der Waals surface area contributed by atoms with Gasteiger partial charge in [-0.3, -0.25) is 9.36 Å². The van der Waals surface area contributed by atoms with Crippen LogP contribution in [0.2, 0.25) is 0 Å². The van der Waals surface area contributed by atoms with E-state index in [0.717, 1.165) is 22.4 Å². The monoisotopic (exact) mass is 285 g/mol. The van der Waals surface area contributed by atoms with Gasteiger partial charge >= 0.3 is 0 Å². The van der Waals surface area contributed by atoms with Crippen molar-refractivity contribution in [2.75, 3.05) is 5.32 Å². The van der Waals surface area contributed by atoms with Gasteiger partial charge in [-0.1, -0.05) is 0 Å². The summed E-state index contributed by atoms with van der Waals surface area (Å²) in [5.74, 6) is 0.802. The molecule has 0 unspecified atom stereocenters. The molecule has 0 radical (unpaired) electrons. The van der Waals surface area contributed by atoms with Crippen molar-refractivity contribution in [3.05, 3.63) is 30.5 Å². The zero-order valence-corrected chi connectivity index (χ0v) is 12.6. The van der Waals surface area contributed by atoms with E-state index in [1.54, 1.807) is 17.2 Å². The smallest absolute Gasteiger partial charge is 0.163 e. The van der Waals surface area contributed by atoms with Gasteiger partial charge in [0, 0.05) is 19.3 Å². The molecule has 0 aliphatic carbocycles. The second kappa shape index (κ2) is 5.16. The molecule has 2 atom stereocenters. The lowest BCUT2D eigenvalue weighted by Crippen LogP contribution is -2.27. The fourth-order valence-corrected chi connectivity index (χ4v) is 2.30. The molecular weight excluding hydrogens is 266 g/mol. The van der Waals surface area contributed by atoms with Gasteiger partial charge in [-0.2, -0.15) is 10.2 Å². The van der Waals surface area contributed by atoms with Crippen LogP contribution in [-0.2, 0) is 7.05 Å². The minimum absolute atomic E-state index is 0.169. The Morgan fingerprint density at radius 1 is 1.14 bits per heavy atom. The van der Waals surface area contributed by atoms with Crippen LogP contribution in [0.5, 0.6) is 0 Å². The largest absolute Gasteiger partial charge is 0.365 e. The average Bonchev–Trinajstić information content (AvgIpc) is 3.06. The molecule has 3 aromatic heterocycles.